The number of hydrogen-bond acceptors (Lipinski definition) is 5. The number of rotatable bonds is 6. The molecule has 0 aliphatic carbocycles. The first-order valence-electron chi connectivity index (χ1n) is 10.7. The SMILES string of the molecule is COC[C@H]1CN(Cc2cccnc2)CC12CCN(CC1CCOCC1)CC2. The number of aromatic nitrogens is 1. The van der Waals surface area contributed by atoms with Crippen molar-refractivity contribution in [3.63, 3.8) is 0 Å². The highest BCUT2D eigenvalue weighted by molar-refractivity contribution is 5.10. The molecular formula is C22H35N3O2. The fraction of sp³-hybridized carbons (Fsp3) is 0.773. The van der Waals surface area contributed by atoms with Crippen molar-refractivity contribution in [1.82, 2.24) is 14.8 Å². The van der Waals surface area contributed by atoms with E-state index in [4.69, 9.17) is 9.47 Å². The molecule has 3 saturated heterocycles. The summed E-state index contributed by atoms with van der Waals surface area (Å²) in [5.41, 5.74) is 1.76. The van der Waals surface area contributed by atoms with E-state index in [1.54, 1.807) is 0 Å². The lowest BCUT2D eigenvalue weighted by Crippen LogP contribution is -2.46. The molecule has 4 rings (SSSR count). The molecule has 3 aliphatic rings. The summed E-state index contributed by atoms with van der Waals surface area (Å²) < 4.78 is 11.2. The maximum Gasteiger partial charge on any atom is 0.0508 e. The Kier molecular flexibility index (Phi) is 6.43. The van der Waals surface area contributed by atoms with E-state index >= 15 is 0 Å². The number of likely N-dealkylation sites (tertiary alicyclic amines) is 2. The van der Waals surface area contributed by atoms with Crippen molar-refractivity contribution < 1.29 is 9.47 Å². The summed E-state index contributed by atoms with van der Waals surface area (Å²) in [6.07, 6.45) is 8.98. The predicted molar refractivity (Wildman–Crippen MR) is 107 cm³/mol. The summed E-state index contributed by atoms with van der Waals surface area (Å²) in [4.78, 5) is 9.64. The van der Waals surface area contributed by atoms with Crippen molar-refractivity contribution in [2.45, 2.75) is 32.2 Å². The lowest BCUT2D eigenvalue weighted by Gasteiger charge is -2.43. The fourth-order valence-corrected chi connectivity index (χ4v) is 5.49. The van der Waals surface area contributed by atoms with E-state index < -0.39 is 0 Å². The van der Waals surface area contributed by atoms with Gasteiger partial charge in [0.25, 0.3) is 0 Å². The Morgan fingerprint density at radius 2 is 2.04 bits per heavy atom. The average molecular weight is 374 g/mol. The van der Waals surface area contributed by atoms with E-state index in [1.165, 1.54) is 57.4 Å². The van der Waals surface area contributed by atoms with Crippen LogP contribution in [0.3, 0.4) is 0 Å². The van der Waals surface area contributed by atoms with Crippen molar-refractivity contribution in [3.05, 3.63) is 30.1 Å². The molecule has 5 nitrogen and oxygen atoms in total. The molecule has 0 bridgehead atoms. The maximum atomic E-state index is 5.63. The number of piperidine rings is 1. The van der Waals surface area contributed by atoms with Crippen LogP contribution in [0.4, 0.5) is 0 Å². The van der Waals surface area contributed by atoms with Gasteiger partial charge in [-0.15, -0.1) is 0 Å². The van der Waals surface area contributed by atoms with Crippen LogP contribution in [-0.2, 0) is 16.0 Å². The monoisotopic (exact) mass is 373 g/mol. The van der Waals surface area contributed by atoms with Crippen LogP contribution in [0.5, 0.6) is 0 Å². The molecule has 3 aliphatic heterocycles. The molecule has 3 fully saturated rings. The van der Waals surface area contributed by atoms with Gasteiger partial charge in [-0.25, -0.2) is 0 Å². The molecule has 0 aromatic carbocycles. The van der Waals surface area contributed by atoms with Crippen LogP contribution in [0.2, 0.25) is 0 Å². The van der Waals surface area contributed by atoms with Crippen LogP contribution in [0.25, 0.3) is 0 Å². The van der Waals surface area contributed by atoms with E-state index in [9.17, 15) is 0 Å². The van der Waals surface area contributed by atoms with Gasteiger partial charge in [-0.3, -0.25) is 9.88 Å². The number of pyridine rings is 1. The highest BCUT2D eigenvalue weighted by Gasteiger charge is 2.47. The number of methoxy groups -OCH3 is 1. The molecule has 0 saturated carbocycles. The minimum absolute atomic E-state index is 0.435. The Morgan fingerprint density at radius 1 is 1.22 bits per heavy atom. The van der Waals surface area contributed by atoms with Crippen LogP contribution in [0, 0.1) is 17.3 Å². The Hall–Kier alpha value is -1.01. The van der Waals surface area contributed by atoms with Gasteiger partial charge in [-0.1, -0.05) is 6.07 Å². The van der Waals surface area contributed by atoms with E-state index in [0.717, 1.165) is 38.8 Å². The molecule has 4 heterocycles. The number of hydrogen-bond donors (Lipinski definition) is 0. The topological polar surface area (TPSA) is 37.8 Å². The molecule has 5 heteroatoms. The van der Waals surface area contributed by atoms with Gasteiger partial charge in [0.05, 0.1) is 6.61 Å². The second-order valence-corrected chi connectivity index (χ2v) is 8.90. The molecule has 1 aromatic rings. The van der Waals surface area contributed by atoms with Crippen LogP contribution in [0.15, 0.2) is 24.5 Å². The van der Waals surface area contributed by atoms with E-state index in [0.29, 0.717) is 11.3 Å². The van der Waals surface area contributed by atoms with Crippen LogP contribution < -0.4 is 0 Å². The zero-order valence-electron chi connectivity index (χ0n) is 16.8. The van der Waals surface area contributed by atoms with Crippen LogP contribution in [0.1, 0.15) is 31.2 Å². The molecule has 150 valence electrons. The van der Waals surface area contributed by atoms with Crippen LogP contribution >= 0.6 is 0 Å². The average Bonchev–Trinajstić information content (AvgIpc) is 3.02. The summed E-state index contributed by atoms with van der Waals surface area (Å²) in [6.45, 7) is 9.96. The zero-order chi connectivity index (χ0) is 18.5. The van der Waals surface area contributed by atoms with Gasteiger partial charge in [-0.05, 0) is 61.7 Å². The molecular weight excluding hydrogens is 338 g/mol. The summed E-state index contributed by atoms with van der Waals surface area (Å²) in [7, 11) is 1.86. The molecule has 27 heavy (non-hydrogen) atoms. The van der Waals surface area contributed by atoms with E-state index in [-0.39, 0.29) is 0 Å². The first-order valence-corrected chi connectivity index (χ1v) is 10.7. The van der Waals surface area contributed by atoms with Gasteiger partial charge in [0.1, 0.15) is 0 Å². The zero-order valence-corrected chi connectivity index (χ0v) is 16.8. The Morgan fingerprint density at radius 3 is 2.74 bits per heavy atom. The number of ether oxygens (including phenoxy) is 2. The third-order valence-corrected chi connectivity index (χ3v) is 7.09. The lowest BCUT2D eigenvalue weighted by molar-refractivity contribution is 0.0160. The lowest BCUT2D eigenvalue weighted by atomic mass is 9.71. The van der Waals surface area contributed by atoms with Crippen molar-refractivity contribution in [2.75, 3.05) is 59.7 Å². The van der Waals surface area contributed by atoms with Gasteiger partial charge >= 0.3 is 0 Å². The maximum absolute atomic E-state index is 5.63. The smallest absolute Gasteiger partial charge is 0.0508 e. The Bertz CT molecular complexity index is 568. The molecule has 0 unspecified atom stereocenters. The highest BCUT2D eigenvalue weighted by atomic mass is 16.5. The van der Waals surface area contributed by atoms with Crippen molar-refractivity contribution in [1.29, 1.82) is 0 Å². The van der Waals surface area contributed by atoms with E-state index in [1.807, 2.05) is 25.6 Å². The van der Waals surface area contributed by atoms with Gasteiger partial charge in [0, 0.05) is 64.8 Å². The Labute approximate surface area is 164 Å². The van der Waals surface area contributed by atoms with Crippen molar-refractivity contribution >= 4 is 0 Å². The second kappa shape index (κ2) is 8.99. The second-order valence-electron chi connectivity index (χ2n) is 8.90. The number of nitrogens with zero attached hydrogens (tertiary/aromatic N) is 3. The standard InChI is InChI=1S/C22H35N3O2/c1-26-17-21-16-25(15-20-3-2-8-23-13-20)18-22(21)6-9-24(10-7-22)14-19-4-11-27-12-5-19/h2-3,8,13,19,21H,4-7,9-12,14-18H2,1H3/t21-/m1/s1. The quantitative estimate of drug-likeness (QED) is 0.766. The first-order chi connectivity index (χ1) is 13.3. The molecule has 1 aromatic heterocycles. The van der Waals surface area contributed by atoms with Gasteiger partial charge in [0.15, 0.2) is 0 Å². The fourth-order valence-electron chi connectivity index (χ4n) is 5.49. The first kappa shape index (κ1) is 19.3. The van der Waals surface area contributed by atoms with E-state index in [2.05, 4.69) is 20.9 Å². The van der Waals surface area contributed by atoms with Gasteiger partial charge in [-0.2, -0.15) is 0 Å². The molecule has 0 N–H and O–H groups in total. The summed E-state index contributed by atoms with van der Waals surface area (Å²) >= 11 is 0. The highest BCUT2D eigenvalue weighted by Crippen LogP contribution is 2.45. The summed E-state index contributed by atoms with van der Waals surface area (Å²) in [5.74, 6) is 1.50. The summed E-state index contributed by atoms with van der Waals surface area (Å²) in [5, 5.41) is 0. The minimum atomic E-state index is 0.435. The van der Waals surface area contributed by atoms with Crippen LogP contribution in [-0.4, -0.2) is 74.4 Å². The van der Waals surface area contributed by atoms with Gasteiger partial charge in [0.2, 0.25) is 0 Å². The Balaban J connectivity index is 1.34. The summed E-state index contributed by atoms with van der Waals surface area (Å²) in [6, 6.07) is 4.24. The third kappa shape index (κ3) is 4.70. The molecule has 1 spiro atoms. The minimum Gasteiger partial charge on any atom is -0.384 e. The predicted octanol–water partition coefficient (Wildman–Crippen LogP) is 2.67. The van der Waals surface area contributed by atoms with Crippen molar-refractivity contribution in [2.24, 2.45) is 17.3 Å². The molecule has 0 radical (unpaired) electrons. The molecule has 1 atom stereocenters. The van der Waals surface area contributed by atoms with Crippen molar-refractivity contribution in [3.8, 4) is 0 Å². The third-order valence-electron chi connectivity index (χ3n) is 7.09. The van der Waals surface area contributed by atoms with Gasteiger partial charge < -0.3 is 14.4 Å². The molecule has 0 amide bonds. The normalized spacial score (nSPS) is 27.4. The largest absolute Gasteiger partial charge is 0.384 e.